The molecule has 4 N–H and O–H groups in total. The number of ketones is 3. The average molecular weight is 914 g/mol. The number of aliphatic hydroxyl groups excluding tert-OH is 3. The zero-order chi connectivity index (χ0) is 48.2. The smallest absolute Gasteiger partial charge is 0.329 e. The number of cyclic esters (lactones) is 1. The minimum Gasteiger partial charge on any atom is -0.460 e. The van der Waals surface area contributed by atoms with Gasteiger partial charge in [0, 0.05) is 51.4 Å². The van der Waals surface area contributed by atoms with Crippen LogP contribution in [0.3, 0.4) is 0 Å². The zero-order valence-electron chi connectivity index (χ0n) is 40.4. The van der Waals surface area contributed by atoms with Crippen LogP contribution in [-0.4, -0.2) is 130 Å². The van der Waals surface area contributed by atoms with Crippen molar-refractivity contribution < 1.29 is 63.3 Å². The summed E-state index contributed by atoms with van der Waals surface area (Å²) in [5.74, 6) is -9.25. The summed E-state index contributed by atoms with van der Waals surface area (Å²) in [5.41, 5.74) is 1.22. The first-order valence-electron chi connectivity index (χ1n) is 24.0. The van der Waals surface area contributed by atoms with Gasteiger partial charge >= 0.3 is 5.97 Å². The fraction of sp³-hybridized carbons (Fsp3) is 0.745. The van der Waals surface area contributed by atoms with E-state index in [1.807, 2.05) is 51.2 Å². The monoisotopic (exact) mass is 914 g/mol. The van der Waals surface area contributed by atoms with E-state index in [1.165, 1.54) is 4.90 Å². The van der Waals surface area contributed by atoms with Gasteiger partial charge in [-0.3, -0.25) is 19.2 Å². The maximum Gasteiger partial charge on any atom is 0.329 e. The second-order valence-corrected chi connectivity index (χ2v) is 19.7. The van der Waals surface area contributed by atoms with Crippen LogP contribution in [0.15, 0.2) is 47.6 Å². The molecule has 3 aliphatic heterocycles. The Kier molecular flexibility index (Phi) is 21.0. The van der Waals surface area contributed by atoms with E-state index >= 15 is 0 Å². The Morgan fingerprint density at radius 1 is 0.877 bits per heavy atom. The highest BCUT2D eigenvalue weighted by Crippen LogP contribution is 2.38. The molecule has 2 bridgehead atoms. The SMILES string of the molecule is COC1CC2CCC(C)C(O)(O2)C(=O)C(=O)N2CCCCC2C(=O)OC(C(C)CC2CCC(O)C(OC)C2)CC(=O)C(C)C=C(C)C(O)C(CO)C(=O)C(C)CC(C)C=CC=CC=C1C. The molecule has 366 valence electrons. The maximum absolute atomic E-state index is 14.4. The molecule has 1 saturated carbocycles. The van der Waals surface area contributed by atoms with Gasteiger partial charge in [0.05, 0.1) is 43.0 Å². The summed E-state index contributed by atoms with van der Waals surface area (Å²) in [5, 5.41) is 44.1. The number of hydrogen-bond acceptors (Lipinski definition) is 13. The van der Waals surface area contributed by atoms with Crippen molar-refractivity contribution in [3.05, 3.63) is 47.6 Å². The first-order valence-corrected chi connectivity index (χ1v) is 24.0. The quantitative estimate of drug-likeness (QED) is 0.142. The largest absolute Gasteiger partial charge is 0.460 e. The van der Waals surface area contributed by atoms with Crippen molar-refractivity contribution in [3.8, 4) is 0 Å². The molecule has 15 unspecified atom stereocenters. The number of piperidine rings is 1. The van der Waals surface area contributed by atoms with Crippen LogP contribution in [0.5, 0.6) is 0 Å². The second kappa shape index (κ2) is 25.1. The number of esters is 1. The molecule has 15 atom stereocenters. The molecule has 14 heteroatoms. The summed E-state index contributed by atoms with van der Waals surface area (Å²) >= 11 is 0. The van der Waals surface area contributed by atoms with E-state index in [4.69, 9.17) is 18.9 Å². The number of rotatable bonds is 6. The Labute approximate surface area is 386 Å². The molecule has 4 aliphatic rings. The maximum atomic E-state index is 14.4. The minimum atomic E-state index is -2.43. The molecule has 1 aliphatic carbocycles. The predicted molar refractivity (Wildman–Crippen MR) is 245 cm³/mol. The highest BCUT2D eigenvalue weighted by molar-refractivity contribution is 6.39. The van der Waals surface area contributed by atoms with E-state index in [2.05, 4.69) is 0 Å². The van der Waals surface area contributed by atoms with Gasteiger partial charge in [0.15, 0.2) is 0 Å². The number of ether oxygens (including phenoxy) is 4. The Morgan fingerprint density at radius 2 is 1.60 bits per heavy atom. The molecular formula is C51H79NO13. The zero-order valence-corrected chi connectivity index (χ0v) is 40.4. The van der Waals surface area contributed by atoms with Crippen molar-refractivity contribution in [3.63, 3.8) is 0 Å². The van der Waals surface area contributed by atoms with Crippen LogP contribution in [0.25, 0.3) is 0 Å². The summed E-state index contributed by atoms with van der Waals surface area (Å²) in [6.45, 7) is 12.0. The fourth-order valence-electron chi connectivity index (χ4n) is 10.2. The van der Waals surface area contributed by atoms with E-state index in [0.29, 0.717) is 69.8 Å². The molecule has 0 radical (unpaired) electrons. The topological polar surface area (TPSA) is 206 Å². The van der Waals surface area contributed by atoms with E-state index in [-0.39, 0.29) is 54.8 Å². The minimum absolute atomic E-state index is 0.00677. The molecule has 0 spiro atoms. The number of Topliss-reactive ketones (excluding diaryl/α,β-unsaturated/α-hetero) is 3. The molecule has 14 nitrogen and oxygen atoms in total. The number of carbonyl (C=O) groups excluding carboxylic acids is 5. The van der Waals surface area contributed by atoms with Gasteiger partial charge in [0.25, 0.3) is 11.7 Å². The molecule has 1 amide bonds. The summed E-state index contributed by atoms with van der Waals surface area (Å²) < 4.78 is 23.8. The molecule has 0 aromatic carbocycles. The van der Waals surface area contributed by atoms with E-state index in [0.717, 1.165) is 5.57 Å². The Morgan fingerprint density at radius 3 is 2.28 bits per heavy atom. The lowest BCUT2D eigenvalue weighted by atomic mass is 9.78. The van der Waals surface area contributed by atoms with Gasteiger partial charge in [-0.2, -0.15) is 0 Å². The molecule has 0 aromatic heterocycles. The standard InChI is InChI=1S/C51H79NO13/c1-30-15-11-10-12-16-31(2)43(62-8)27-38-20-18-36(7)51(61,65-38)48(58)49(59)52-22-14-13-17-40(52)50(60)64-44(33(4)25-37-19-21-41(54)45(26-37)63-9)28-42(55)32(3)24-35(6)47(57)39(29-53)46(56)34(5)23-30/h10-12,15-16,24,30,32-34,36-41,43-45,47,53-54,57,61H,13-14,17-23,25-29H2,1-9H3. The number of methoxy groups -OCH3 is 2. The number of carbonyl (C=O) groups is 5. The first-order chi connectivity index (χ1) is 30.7. The van der Waals surface area contributed by atoms with E-state index in [9.17, 15) is 44.4 Å². The van der Waals surface area contributed by atoms with Crippen molar-refractivity contribution in [1.82, 2.24) is 4.90 Å². The number of hydrogen-bond donors (Lipinski definition) is 4. The van der Waals surface area contributed by atoms with Crippen LogP contribution < -0.4 is 0 Å². The summed E-state index contributed by atoms with van der Waals surface area (Å²) in [6.07, 6.45) is 12.0. The van der Waals surface area contributed by atoms with Gasteiger partial charge in [-0.1, -0.05) is 71.1 Å². The summed E-state index contributed by atoms with van der Waals surface area (Å²) in [6, 6.07) is -1.15. The highest BCUT2D eigenvalue weighted by atomic mass is 16.6. The normalized spacial score (nSPS) is 37.8. The highest BCUT2D eigenvalue weighted by Gasteiger charge is 2.53. The third-order valence-corrected chi connectivity index (χ3v) is 14.6. The number of aliphatic hydroxyl groups is 4. The molecule has 2 saturated heterocycles. The number of amides is 1. The number of allylic oxidation sites excluding steroid dienone is 6. The van der Waals surface area contributed by atoms with Crippen molar-refractivity contribution in [2.45, 2.75) is 174 Å². The number of nitrogens with zero attached hydrogens (tertiary/aromatic N) is 1. The van der Waals surface area contributed by atoms with Gasteiger partial charge in [-0.15, -0.1) is 0 Å². The third kappa shape index (κ3) is 14.3. The van der Waals surface area contributed by atoms with Crippen LogP contribution in [0, 0.1) is 41.4 Å². The second-order valence-electron chi connectivity index (χ2n) is 19.7. The van der Waals surface area contributed by atoms with Gasteiger partial charge in [0.1, 0.15) is 23.7 Å². The lowest BCUT2D eigenvalue weighted by Crippen LogP contribution is -2.61. The van der Waals surface area contributed by atoms with Crippen LogP contribution in [0.1, 0.15) is 126 Å². The van der Waals surface area contributed by atoms with Crippen molar-refractivity contribution in [2.24, 2.45) is 41.4 Å². The number of fused-ring (bicyclic) bond motifs is 3. The predicted octanol–water partition coefficient (Wildman–Crippen LogP) is 5.77. The van der Waals surface area contributed by atoms with Gasteiger partial charge in [-0.05, 0) is 107 Å². The first kappa shape index (κ1) is 54.2. The van der Waals surface area contributed by atoms with E-state index < -0.39 is 90.3 Å². The van der Waals surface area contributed by atoms with E-state index in [1.54, 1.807) is 48.0 Å². The molecule has 65 heavy (non-hydrogen) atoms. The van der Waals surface area contributed by atoms with Gasteiger partial charge in [-0.25, -0.2) is 4.79 Å². The van der Waals surface area contributed by atoms with Crippen LogP contribution in [0.4, 0.5) is 0 Å². The Balaban J connectivity index is 1.70. The average Bonchev–Trinajstić information content (AvgIpc) is 3.28. The van der Waals surface area contributed by atoms with Crippen molar-refractivity contribution in [1.29, 1.82) is 0 Å². The van der Waals surface area contributed by atoms with Crippen LogP contribution in [-0.2, 0) is 42.9 Å². The lowest BCUT2D eigenvalue weighted by Gasteiger charge is -2.42. The summed E-state index contributed by atoms with van der Waals surface area (Å²) in [7, 11) is 3.13. The molecule has 3 fully saturated rings. The summed E-state index contributed by atoms with van der Waals surface area (Å²) in [4.78, 5) is 71.7. The van der Waals surface area contributed by atoms with Gasteiger partial charge in [0.2, 0.25) is 5.79 Å². The Bertz CT molecular complexity index is 1760. The van der Waals surface area contributed by atoms with Crippen LogP contribution >= 0.6 is 0 Å². The molecule has 4 rings (SSSR count). The molecular weight excluding hydrogens is 835 g/mol. The lowest BCUT2D eigenvalue weighted by molar-refractivity contribution is -0.265. The van der Waals surface area contributed by atoms with Crippen molar-refractivity contribution in [2.75, 3.05) is 27.4 Å². The third-order valence-electron chi connectivity index (χ3n) is 14.6. The molecule has 0 aromatic rings. The molecule has 3 heterocycles. The fourth-order valence-corrected chi connectivity index (χ4v) is 10.2. The van der Waals surface area contributed by atoms with Crippen LogP contribution in [0.2, 0.25) is 0 Å². The van der Waals surface area contributed by atoms with Crippen molar-refractivity contribution >= 4 is 29.2 Å². The Hall–Kier alpha value is -3.37. The van der Waals surface area contributed by atoms with Gasteiger partial charge < -0.3 is 44.3 Å².